The van der Waals surface area contributed by atoms with Crippen LogP contribution < -0.4 is 10.6 Å². The van der Waals surface area contributed by atoms with Crippen LogP contribution in [0.3, 0.4) is 0 Å². The van der Waals surface area contributed by atoms with Gasteiger partial charge in [-0.15, -0.1) is 0 Å². The van der Waals surface area contributed by atoms with Crippen molar-refractivity contribution in [3.8, 4) is 0 Å². The van der Waals surface area contributed by atoms with E-state index in [1.54, 1.807) is 7.05 Å². The molecule has 0 atom stereocenters. The number of aliphatic hydroxyl groups excluding tert-OH is 1. The molecule has 0 radical (unpaired) electrons. The first kappa shape index (κ1) is 13.9. The van der Waals surface area contributed by atoms with Crippen molar-refractivity contribution in [1.82, 2.24) is 5.32 Å². The smallest absolute Gasteiger partial charge is 0.224 e. The molecule has 2 rings (SSSR count). The lowest BCUT2D eigenvalue weighted by molar-refractivity contribution is -0.119. The van der Waals surface area contributed by atoms with Gasteiger partial charge < -0.3 is 15.7 Å². The van der Waals surface area contributed by atoms with Crippen molar-refractivity contribution in [2.75, 3.05) is 12.4 Å². The monoisotopic (exact) mass is 262 g/mol. The highest BCUT2D eigenvalue weighted by Gasteiger charge is 2.18. The highest BCUT2D eigenvalue weighted by atomic mass is 16.3. The van der Waals surface area contributed by atoms with Gasteiger partial charge in [-0.1, -0.05) is 12.1 Å². The van der Waals surface area contributed by atoms with Crippen LogP contribution in [0.1, 0.15) is 31.2 Å². The predicted octanol–water partition coefficient (Wildman–Crippen LogP) is 1.69. The molecule has 4 nitrogen and oxygen atoms in total. The normalized spacial score (nSPS) is 22.8. The molecule has 104 valence electrons. The third-order valence-electron chi connectivity index (χ3n) is 3.66. The van der Waals surface area contributed by atoms with Crippen molar-refractivity contribution in [3.63, 3.8) is 0 Å². The predicted molar refractivity (Wildman–Crippen MR) is 76.1 cm³/mol. The standard InChI is InChI=1S/C15H22N2O2/c1-16-15(19)10-11-2-4-12(5-3-11)17-13-6-8-14(18)9-7-13/h2-5,13-14,17-18H,6-10H2,1H3,(H,16,19). The fourth-order valence-corrected chi connectivity index (χ4v) is 2.45. The van der Waals surface area contributed by atoms with Gasteiger partial charge >= 0.3 is 0 Å². The molecule has 0 spiro atoms. The molecule has 0 heterocycles. The van der Waals surface area contributed by atoms with Gasteiger partial charge in [-0.25, -0.2) is 0 Å². The minimum absolute atomic E-state index is 0.0296. The molecule has 3 N–H and O–H groups in total. The first-order chi connectivity index (χ1) is 9.17. The zero-order valence-electron chi connectivity index (χ0n) is 11.4. The number of carbonyl (C=O) groups excluding carboxylic acids is 1. The Kier molecular flexibility index (Phi) is 4.80. The molecular formula is C15H22N2O2. The minimum Gasteiger partial charge on any atom is -0.393 e. The lowest BCUT2D eigenvalue weighted by Crippen LogP contribution is -2.28. The molecule has 19 heavy (non-hydrogen) atoms. The summed E-state index contributed by atoms with van der Waals surface area (Å²) in [6, 6.07) is 8.45. The molecule has 0 aliphatic heterocycles. The number of nitrogens with one attached hydrogen (secondary N) is 2. The fraction of sp³-hybridized carbons (Fsp3) is 0.533. The second-order valence-corrected chi connectivity index (χ2v) is 5.20. The van der Waals surface area contributed by atoms with Crippen molar-refractivity contribution < 1.29 is 9.90 Å². The van der Waals surface area contributed by atoms with Crippen LogP contribution in [0, 0.1) is 0 Å². The molecule has 1 saturated carbocycles. The van der Waals surface area contributed by atoms with Crippen LogP contribution in [0.25, 0.3) is 0 Å². The van der Waals surface area contributed by atoms with Crippen molar-refractivity contribution in [2.24, 2.45) is 0 Å². The van der Waals surface area contributed by atoms with Gasteiger partial charge in [-0.2, -0.15) is 0 Å². The van der Waals surface area contributed by atoms with E-state index >= 15 is 0 Å². The van der Waals surface area contributed by atoms with E-state index in [1.807, 2.05) is 24.3 Å². The molecule has 1 aliphatic rings. The number of likely N-dealkylation sites (N-methyl/N-ethyl adjacent to an activating group) is 1. The summed E-state index contributed by atoms with van der Waals surface area (Å²) in [5.74, 6) is 0.0296. The number of aliphatic hydroxyl groups is 1. The fourth-order valence-electron chi connectivity index (χ4n) is 2.45. The molecule has 0 saturated heterocycles. The molecule has 1 aromatic carbocycles. The van der Waals surface area contributed by atoms with E-state index in [-0.39, 0.29) is 12.0 Å². The van der Waals surface area contributed by atoms with Gasteiger partial charge in [0.1, 0.15) is 0 Å². The summed E-state index contributed by atoms with van der Waals surface area (Å²) < 4.78 is 0. The summed E-state index contributed by atoms with van der Waals surface area (Å²) >= 11 is 0. The first-order valence-electron chi connectivity index (χ1n) is 6.91. The van der Waals surface area contributed by atoms with E-state index in [4.69, 9.17) is 0 Å². The Hall–Kier alpha value is -1.55. The Morgan fingerprint density at radius 1 is 1.21 bits per heavy atom. The molecule has 1 fully saturated rings. The molecule has 0 unspecified atom stereocenters. The van der Waals surface area contributed by atoms with Crippen LogP contribution in [0.5, 0.6) is 0 Å². The summed E-state index contributed by atoms with van der Waals surface area (Å²) in [5.41, 5.74) is 2.10. The average Bonchev–Trinajstić information content (AvgIpc) is 2.43. The SMILES string of the molecule is CNC(=O)Cc1ccc(NC2CCC(O)CC2)cc1. The van der Waals surface area contributed by atoms with Gasteiger partial charge in [0.25, 0.3) is 0 Å². The average molecular weight is 262 g/mol. The number of carbonyl (C=O) groups is 1. The number of anilines is 1. The van der Waals surface area contributed by atoms with Crippen molar-refractivity contribution in [3.05, 3.63) is 29.8 Å². The van der Waals surface area contributed by atoms with Crippen molar-refractivity contribution in [1.29, 1.82) is 0 Å². The maximum Gasteiger partial charge on any atom is 0.224 e. The van der Waals surface area contributed by atoms with E-state index in [1.165, 1.54) is 0 Å². The molecule has 0 aromatic heterocycles. The van der Waals surface area contributed by atoms with E-state index in [0.717, 1.165) is 36.9 Å². The molecule has 1 aliphatic carbocycles. The van der Waals surface area contributed by atoms with Gasteiger partial charge in [-0.05, 0) is 43.4 Å². The van der Waals surface area contributed by atoms with Crippen molar-refractivity contribution in [2.45, 2.75) is 44.2 Å². The van der Waals surface area contributed by atoms with E-state index in [0.29, 0.717) is 12.5 Å². The summed E-state index contributed by atoms with van der Waals surface area (Å²) in [6.07, 6.45) is 4.10. The molecule has 1 amide bonds. The Labute approximate surface area is 114 Å². The van der Waals surface area contributed by atoms with Crippen LogP contribution in [-0.2, 0) is 11.2 Å². The Morgan fingerprint density at radius 3 is 2.42 bits per heavy atom. The topological polar surface area (TPSA) is 61.4 Å². The summed E-state index contributed by atoms with van der Waals surface area (Å²) in [6.45, 7) is 0. The van der Waals surface area contributed by atoms with Gasteiger partial charge in [0.05, 0.1) is 12.5 Å². The molecule has 4 heteroatoms. The summed E-state index contributed by atoms with van der Waals surface area (Å²) in [7, 11) is 1.65. The Bertz CT molecular complexity index is 409. The van der Waals surface area contributed by atoms with Crippen molar-refractivity contribution >= 4 is 11.6 Å². The Morgan fingerprint density at radius 2 is 1.84 bits per heavy atom. The van der Waals surface area contributed by atoms with Gasteiger partial charge in [0.2, 0.25) is 5.91 Å². The maximum absolute atomic E-state index is 11.3. The Balaban J connectivity index is 1.86. The second-order valence-electron chi connectivity index (χ2n) is 5.20. The third kappa shape index (κ3) is 4.24. The highest BCUT2D eigenvalue weighted by molar-refractivity contribution is 5.78. The largest absolute Gasteiger partial charge is 0.393 e. The number of hydrogen-bond acceptors (Lipinski definition) is 3. The van der Waals surface area contributed by atoms with Gasteiger partial charge in [-0.3, -0.25) is 4.79 Å². The summed E-state index contributed by atoms with van der Waals surface area (Å²) in [4.78, 5) is 11.3. The lowest BCUT2D eigenvalue weighted by atomic mass is 9.93. The van der Waals surface area contributed by atoms with Crippen LogP contribution in [0.15, 0.2) is 24.3 Å². The first-order valence-corrected chi connectivity index (χ1v) is 6.91. The number of amides is 1. The highest BCUT2D eigenvalue weighted by Crippen LogP contribution is 2.22. The zero-order valence-corrected chi connectivity index (χ0v) is 11.4. The quantitative estimate of drug-likeness (QED) is 0.774. The van der Waals surface area contributed by atoms with Crippen LogP contribution in [0.2, 0.25) is 0 Å². The molecule has 0 bridgehead atoms. The number of hydrogen-bond donors (Lipinski definition) is 3. The number of benzene rings is 1. The lowest BCUT2D eigenvalue weighted by Gasteiger charge is -2.27. The van der Waals surface area contributed by atoms with E-state index in [9.17, 15) is 9.90 Å². The van der Waals surface area contributed by atoms with Crippen LogP contribution in [0.4, 0.5) is 5.69 Å². The zero-order chi connectivity index (χ0) is 13.7. The minimum atomic E-state index is -0.118. The molecule has 1 aromatic rings. The van der Waals surface area contributed by atoms with Gasteiger partial charge in [0, 0.05) is 18.8 Å². The van der Waals surface area contributed by atoms with E-state index < -0.39 is 0 Å². The van der Waals surface area contributed by atoms with Crippen LogP contribution >= 0.6 is 0 Å². The molecular weight excluding hydrogens is 240 g/mol. The second kappa shape index (κ2) is 6.57. The van der Waals surface area contributed by atoms with Gasteiger partial charge in [0.15, 0.2) is 0 Å². The van der Waals surface area contributed by atoms with E-state index in [2.05, 4.69) is 10.6 Å². The van der Waals surface area contributed by atoms with Crippen LogP contribution in [-0.4, -0.2) is 30.2 Å². The maximum atomic E-state index is 11.3. The third-order valence-corrected chi connectivity index (χ3v) is 3.66. The number of rotatable bonds is 4. The summed E-state index contributed by atoms with van der Waals surface area (Å²) in [5, 5.41) is 15.6.